The van der Waals surface area contributed by atoms with Gasteiger partial charge in [-0.3, -0.25) is 4.79 Å². The number of benzene rings is 1. The van der Waals surface area contributed by atoms with Crippen molar-refractivity contribution in [2.24, 2.45) is 5.73 Å². The Balaban J connectivity index is 2.13. The van der Waals surface area contributed by atoms with Gasteiger partial charge in [0.05, 0.1) is 5.69 Å². The molecule has 0 aliphatic carbocycles. The van der Waals surface area contributed by atoms with Crippen LogP contribution in [-0.4, -0.2) is 11.1 Å². The third-order valence-electron chi connectivity index (χ3n) is 2.94. The molecule has 1 atom stereocenters. The highest BCUT2D eigenvalue weighted by Gasteiger charge is 2.20. The average molecular weight is 276 g/mol. The Bertz CT molecular complexity index is 547. The van der Waals surface area contributed by atoms with E-state index in [0.29, 0.717) is 5.75 Å². The summed E-state index contributed by atoms with van der Waals surface area (Å²) in [5.41, 5.74) is 8.31. The van der Waals surface area contributed by atoms with E-state index < -0.39 is 0 Å². The fourth-order valence-corrected chi connectivity index (χ4v) is 3.10. The first-order valence-electron chi connectivity index (χ1n) is 5.97. The van der Waals surface area contributed by atoms with Crippen LogP contribution in [0.4, 0.5) is 0 Å². The van der Waals surface area contributed by atoms with Gasteiger partial charge in [-0.1, -0.05) is 35.5 Å². The molecule has 2 aromatic rings. The fraction of sp³-hybridized carbons (Fsp3) is 0.286. The van der Waals surface area contributed by atoms with E-state index in [4.69, 9.17) is 10.3 Å². The van der Waals surface area contributed by atoms with Crippen molar-refractivity contribution >= 4 is 17.7 Å². The third kappa shape index (κ3) is 3.17. The van der Waals surface area contributed by atoms with Crippen LogP contribution in [-0.2, 0) is 10.5 Å². The number of aryl methyl sites for hydroxylation is 2. The maximum atomic E-state index is 11.6. The minimum atomic E-state index is -0.352. The second kappa shape index (κ2) is 5.93. The van der Waals surface area contributed by atoms with Crippen molar-refractivity contribution in [1.82, 2.24) is 5.16 Å². The Morgan fingerprint density at radius 3 is 2.58 bits per heavy atom. The van der Waals surface area contributed by atoms with E-state index in [1.807, 2.05) is 44.2 Å². The minimum Gasteiger partial charge on any atom is -0.368 e. The molecule has 0 fully saturated rings. The Kier molecular flexibility index (Phi) is 4.27. The number of hydrogen-bond acceptors (Lipinski definition) is 4. The van der Waals surface area contributed by atoms with E-state index in [2.05, 4.69) is 5.16 Å². The first-order chi connectivity index (χ1) is 9.09. The standard InChI is InChI=1S/C14H16N2O2S/c1-9-12(10(2)18-16-9)8-19-13(14(15)17)11-6-4-3-5-7-11/h3-7,13H,8H2,1-2H3,(H2,15,17)/t13-/m1/s1. The van der Waals surface area contributed by atoms with Gasteiger partial charge >= 0.3 is 0 Å². The van der Waals surface area contributed by atoms with E-state index in [1.165, 1.54) is 11.8 Å². The lowest BCUT2D eigenvalue weighted by atomic mass is 10.1. The van der Waals surface area contributed by atoms with E-state index in [-0.39, 0.29) is 11.2 Å². The average Bonchev–Trinajstić information content (AvgIpc) is 2.71. The molecule has 1 amide bonds. The molecule has 100 valence electrons. The van der Waals surface area contributed by atoms with Crippen molar-refractivity contribution in [3.05, 3.63) is 52.9 Å². The molecule has 0 saturated heterocycles. The number of hydrogen-bond donors (Lipinski definition) is 1. The lowest BCUT2D eigenvalue weighted by Crippen LogP contribution is -2.19. The molecule has 0 saturated carbocycles. The summed E-state index contributed by atoms with van der Waals surface area (Å²) in [7, 11) is 0. The lowest BCUT2D eigenvalue weighted by molar-refractivity contribution is -0.117. The first kappa shape index (κ1) is 13.7. The van der Waals surface area contributed by atoms with Crippen molar-refractivity contribution in [3.8, 4) is 0 Å². The molecule has 0 aliphatic rings. The number of amides is 1. The minimum absolute atomic E-state index is 0.331. The number of carbonyl (C=O) groups excluding carboxylic acids is 1. The molecule has 5 heteroatoms. The molecule has 2 rings (SSSR count). The van der Waals surface area contributed by atoms with Crippen molar-refractivity contribution in [2.45, 2.75) is 24.9 Å². The predicted molar refractivity (Wildman–Crippen MR) is 75.6 cm³/mol. The fourth-order valence-electron chi connectivity index (χ4n) is 1.85. The Labute approximate surface area is 116 Å². The second-order valence-corrected chi connectivity index (χ2v) is 5.40. The zero-order valence-corrected chi connectivity index (χ0v) is 11.7. The summed E-state index contributed by atoms with van der Waals surface area (Å²) < 4.78 is 5.11. The Morgan fingerprint density at radius 2 is 2.05 bits per heavy atom. The molecule has 0 radical (unpaired) electrons. The molecule has 19 heavy (non-hydrogen) atoms. The van der Waals surface area contributed by atoms with Crippen molar-refractivity contribution in [2.75, 3.05) is 0 Å². The molecule has 0 aliphatic heterocycles. The number of carbonyl (C=O) groups is 1. The highest BCUT2D eigenvalue weighted by Crippen LogP contribution is 2.32. The summed E-state index contributed by atoms with van der Waals surface area (Å²) in [6.45, 7) is 3.77. The number of nitrogens with zero attached hydrogens (tertiary/aromatic N) is 1. The van der Waals surface area contributed by atoms with E-state index in [1.54, 1.807) is 0 Å². The molecule has 0 unspecified atom stereocenters. The summed E-state index contributed by atoms with van der Waals surface area (Å²) in [6, 6.07) is 9.55. The third-order valence-corrected chi connectivity index (χ3v) is 4.23. The van der Waals surface area contributed by atoms with Crippen molar-refractivity contribution in [3.63, 3.8) is 0 Å². The van der Waals surface area contributed by atoms with Crippen LogP contribution in [0.5, 0.6) is 0 Å². The summed E-state index contributed by atoms with van der Waals surface area (Å²) in [5.74, 6) is 1.12. The number of thioether (sulfide) groups is 1. The Hall–Kier alpha value is -1.75. The zero-order chi connectivity index (χ0) is 13.8. The monoisotopic (exact) mass is 276 g/mol. The first-order valence-corrected chi connectivity index (χ1v) is 7.02. The molecule has 4 nitrogen and oxygen atoms in total. The predicted octanol–water partition coefficient (Wildman–Crippen LogP) is 2.75. The van der Waals surface area contributed by atoms with Gasteiger partial charge in [0.15, 0.2) is 0 Å². The summed E-state index contributed by atoms with van der Waals surface area (Å²) in [6.07, 6.45) is 0. The maximum absolute atomic E-state index is 11.6. The van der Waals surface area contributed by atoms with Crippen LogP contribution < -0.4 is 5.73 Å². The largest absolute Gasteiger partial charge is 0.368 e. The van der Waals surface area contributed by atoms with Gasteiger partial charge in [-0.25, -0.2) is 0 Å². The molecule has 2 N–H and O–H groups in total. The quantitative estimate of drug-likeness (QED) is 0.911. The lowest BCUT2D eigenvalue weighted by Gasteiger charge is -2.13. The molecular weight excluding hydrogens is 260 g/mol. The second-order valence-electron chi connectivity index (χ2n) is 4.31. The topological polar surface area (TPSA) is 69.1 Å². The van der Waals surface area contributed by atoms with Crippen LogP contribution in [0.25, 0.3) is 0 Å². The van der Waals surface area contributed by atoms with Crippen LogP contribution in [0.2, 0.25) is 0 Å². The molecule has 1 heterocycles. The van der Waals surface area contributed by atoms with Crippen LogP contribution in [0.1, 0.15) is 27.8 Å². The number of primary amides is 1. The van der Waals surface area contributed by atoms with Crippen LogP contribution in [0.3, 0.4) is 0 Å². The number of aromatic nitrogens is 1. The highest BCUT2D eigenvalue weighted by atomic mass is 32.2. The normalized spacial score (nSPS) is 12.3. The smallest absolute Gasteiger partial charge is 0.235 e. The van der Waals surface area contributed by atoms with Gasteiger partial charge in [0.2, 0.25) is 5.91 Å². The number of nitrogens with two attached hydrogens (primary N) is 1. The van der Waals surface area contributed by atoms with Gasteiger partial charge in [0, 0.05) is 11.3 Å². The van der Waals surface area contributed by atoms with E-state index in [0.717, 1.165) is 22.6 Å². The van der Waals surface area contributed by atoms with Gasteiger partial charge in [-0.05, 0) is 19.4 Å². The van der Waals surface area contributed by atoms with Crippen molar-refractivity contribution in [1.29, 1.82) is 0 Å². The molecule has 1 aromatic heterocycles. The molecular formula is C14H16N2O2S. The summed E-state index contributed by atoms with van der Waals surface area (Å²) >= 11 is 1.49. The van der Waals surface area contributed by atoms with Crippen LogP contribution in [0, 0.1) is 13.8 Å². The number of rotatable bonds is 5. The zero-order valence-electron chi connectivity index (χ0n) is 10.9. The molecule has 0 spiro atoms. The Morgan fingerprint density at radius 1 is 1.37 bits per heavy atom. The highest BCUT2D eigenvalue weighted by molar-refractivity contribution is 7.99. The van der Waals surface area contributed by atoms with Gasteiger partial charge in [0.1, 0.15) is 11.0 Å². The van der Waals surface area contributed by atoms with Gasteiger partial charge < -0.3 is 10.3 Å². The van der Waals surface area contributed by atoms with E-state index in [9.17, 15) is 4.79 Å². The van der Waals surface area contributed by atoms with Gasteiger partial charge in [-0.15, -0.1) is 11.8 Å². The van der Waals surface area contributed by atoms with E-state index >= 15 is 0 Å². The molecule has 1 aromatic carbocycles. The van der Waals surface area contributed by atoms with Crippen molar-refractivity contribution < 1.29 is 9.32 Å². The summed E-state index contributed by atoms with van der Waals surface area (Å²) in [4.78, 5) is 11.6. The van der Waals surface area contributed by atoms with Crippen LogP contribution >= 0.6 is 11.8 Å². The van der Waals surface area contributed by atoms with Crippen LogP contribution in [0.15, 0.2) is 34.9 Å². The SMILES string of the molecule is Cc1noc(C)c1CS[C@@H](C(N)=O)c1ccccc1. The maximum Gasteiger partial charge on any atom is 0.235 e. The van der Waals surface area contributed by atoms with Gasteiger partial charge in [0.25, 0.3) is 0 Å². The molecule has 0 bridgehead atoms. The summed E-state index contributed by atoms with van der Waals surface area (Å²) in [5, 5.41) is 3.56. The van der Waals surface area contributed by atoms with Gasteiger partial charge in [-0.2, -0.15) is 0 Å².